The lowest BCUT2D eigenvalue weighted by atomic mass is 10.1. The highest BCUT2D eigenvalue weighted by Gasteiger charge is 2.16. The van der Waals surface area contributed by atoms with Gasteiger partial charge in [-0.05, 0) is 49.5 Å². The average Bonchev–Trinajstić information content (AvgIpc) is 2.88. The Morgan fingerprint density at radius 3 is 1.56 bits per heavy atom. The standard InChI is InChI=1S/C31H52O5/c1-5-9-13-16-22-33-28-25-27(19-20-30(32)35-21-12-8-4)26-29(34-23-17-14-10-6-2)31(28)36-24-18-15-11-7-3/h19-20,25-26H,5-18,21-24H2,1-4H3. The van der Waals surface area contributed by atoms with Crippen LogP contribution in [0.15, 0.2) is 18.2 Å². The third-order valence-electron chi connectivity index (χ3n) is 5.95. The van der Waals surface area contributed by atoms with Crippen molar-refractivity contribution >= 4 is 12.0 Å². The monoisotopic (exact) mass is 504 g/mol. The molecule has 5 nitrogen and oxygen atoms in total. The Morgan fingerprint density at radius 2 is 1.08 bits per heavy atom. The Hall–Kier alpha value is -2.17. The molecule has 0 aliphatic carbocycles. The minimum atomic E-state index is -0.330. The van der Waals surface area contributed by atoms with Gasteiger partial charge in [0.1, 0.15) is 0 Å². The fourth-order valence-corrected chi connectivity index (χ4v) is 3.70. The van der Waals surface area contributed by atoms with E-state index in [0.717, 1.165) is 56.9 Å². The summed E-state index contributed by atoms with van der Waals surface area (Å²) >= 11 is 0. The molecular weight excluding hydrogens is 452 g/mol. The minimum absolute atomic E-state index is 0.330. The van der Waals surface area contributed by atoms with E-state index >= 15 is 0 Å². The molecule has 1 aromatic rings. The van der Waals surface area contributed by atoms with Crippen molar-refractivity contribution in [2.24, 2.45) is 0 Å². The van der Waals surface area contributed by atoms with Crippen molar-refractivity contribution in [1.82, 2.24) is 0 Å². The Labute approximate surface area is 220 Å². The molecule has 0 N–H and O–H groups in total. The van der Waals surface area contributed by atoms with Crippen LogP contribution < -0.4 is 14.2 Å². The van der Waals surface area contributed by atoms with Gasteiger partial charge in [0.2, 0.25) is 5.75 Å². The Morgan fingerprint density at radius 1 is 0.611 bits per heavy atom. The zero-order valence-electron chi connectivity index (χ0n) is 23.6. The third kappa shape index (κ3) is 15.1. The van der Waals surface area contributed by atoms with Gasteiger partial charge in [0, 0.05) is 6.08 Å². The molecule has 36 heavy (non-hydrogen) atoms. The van der Waals surface area contributed by atoms with E-state index in [-0.39, 0.29) is 5.97 Å². The number of esters is 1. The van der Waals surface area contributed by atoms with E-state index in [9.17, 15) is 4.79 Å². The van der Waals surface area contributed by atoms with E-state index in [0.29, 0.717) is 43.7 Å². The average molecular weight is 505 g/mol. The fraction of sp³-hybridized carbons (Fsp3) is 0.710. The van der Waals surface area contributed by atoms with E-state index in [4.69, 9.17) is 18.9 Å². The number of carbonyl (C=O) groups excluding carboxylic acids is 1. The SMILES string of the molecule is CCCCCCOc1cc(C=CC(=O)OCCCC)cc(OCCCCCC)c1OCCCCCC. The van der Waals surface area contributed by atoms with Crippen LogP contribution in [0.1, 0.15) is 123 Å². The van der Waals surface area contributed by atoms with Crippen LogP contribution in [0.4, 0.5) is 0 Å². The van der Waals surface area contributed by atoms with Crippen LogP contribution in [0.2, 0.25) is 0 Å². The molecule has 0 saturated carbocycles. The summed E-state index contributed by atoms with van der Waals surface area (Å²) in [5, 5.41) is 0. The summed E-state index contributed by atoms with van der Waals surface area (Å²) in [5.74, 6) is 1.73. The van der Waals surface area contributed by atoms with Crippen molar-refractivity contribution in [1.29, 1.82) is 0 Å². The maximum atomic E-state index is 12.1. The van der Waals surface area contributed by atoms with Crippen LogP contribution in [0, 0.1) is 0 Å². The molecule has 0 radical (unpaired) electrons. The summed E-state index contributed by atoms with van der Waals surface area (Å²) in [7, 11) is 0. The molecule has 0 fully saturated rings. The summed E-state index contributed by atoms with van der Waals surface area (Å²) in [6.07, 6.45) is 18.8. The second-order valence-electron chi connectivity index (χ2n) is 9.43. The number of rotatable bonds is 23. The van der Waals surface area contributed by atoms with Crippen molar-refractivity contribution < 1.29 is 23.7 Å². The second-order valence-corrected chi connectivity index (χ2v) is 9.43. The maximum Gasteiger partial charge on any atom is 0.330 e. The van der Waals surface area contributed by atoms with Gasteiger partial charge in [0.25, 0.3) is 0 Å². The summed E-state index contributed by atoms with van der Waals surface area (Å²) in [6, 6.07) is 3.89. The number of hydrogen-bond donors (Lipinski definition) is 0. The topological polar surface area (TPSA) is 54.0 Å². The van der Waals surface area contributed by atoms with Gasteiger partial charge in [-0.15, -0.1) is 0 Å². The van der Waals surface area contributed by atoms with Crippen molar-refractivity contribution in [3.05, 3.63) is 23.8 Å². The first-order chi connectivity index (χ1) is 17.7. The summed E-state index contributed by atoms with van der Waals surface area (Å²) in [6.45, 7) is 11.0. The van der Waals surface area contributed by atoms with Gasteiger partial charge in [-0.1, -0.05) is 91.9 Å². The molecule has 5 heteroatoms. The molecule has 0 heterocycles. The summed E-state index contributed by atoms with van der Waals surface area (Å²) in [4.78, 5) is 12.1. The quantitative estimate of drug-likeness (QED) is 0.0846. The zero-order chi connectivity index (χ0) is 26.3. The fourth-order valence-electron chi connectivity index (χ4n) is 3.70. The third-order valence-corrected chi connectivity index (χ3v) is 5.95. The van der Waals surface area contributed by atoms with Crippen LogP contribution in [0.5, 0.6) is 17.2 Å². The van der Waals surface area contributed by atoms with Crippen molar-refractivity contribution in [3.8, 4) is 17.2 Å². The lowest BCUT2D eigenvalue weighted by molar-refractivity contribution is -0.137. The van der Waals surface area contributed by atoms with Crippen LogP contribution >= 0.6 is 0 Å². The summed E-state index contributed by atoms with van der Waals surface area (Å²) < 4.78 is 24.0. The van der Waals surface area contributed by atoms with Gasteiger partial charge in [-0.2, -0.15) is 0 Å². The first-order valence-corrected chi connectivity index (χ1v) is 14.6. The largest absolute Gasteiger partial charge is 0.490 e. The minimum Gasteiger partial charge on any atom is -0.490 e. The number of unbranched alkanes of at least 4 members (excludes halogenated alkanes) is 10. The molecule has 0 unspecified atom stereocenters. The van der Waals surface area contributed by atoms with Crippen LogP contribution in [-0.2, 0) is 9.53 Å². The molecule has 0 spiro atoms. The van der Waals surface area contributed by atoms with Gasteiger partial charge in [0.05, 0.1) is 26.4 Å². The lowest BCUT2D eigenvalue weighted by Crippen LogP contribution is -2.07. The molecule has 206 valence electrons. The molecule has 0 aromatic heterocycles. The Bertz CT molecular complexity index is 678. The molecule has 0 saturated heterocycles. The first kappa shape index (κ1) is 31.9. The molecule has 0 aliphatic heterocycles. The lowest BCUT2D eigenvalue weighted by Gasteiger charge is -2.18. The van der Waals surface area contributed by atoms with E-state index in [1.54, 1.807) is 6.08 Å². The molecular formula is C31H52O5. The van der Waals surface area contributed by atoms with Gasteiger partial charge in [-0.3, -0.25) is 0 Å². The maximum absolute atomic E-state index is 12.1. The molecule has 1 rings (SSSR count). The van der Waals surface area contributed by atoms with E-state index in [1.165, 1.54) is 44.6 Å². The number of benzene rings is 1. The summed E-state index contributed by atoms with van der Waals surface area (Å²) in [5.41, 5.74) is 0.841. The zero-order valence-corrected chi connectivity index (χ0v) is 23.6. The Kier molecular flexibility index (Phi) is 19.5. The van der Waals surface area contributed by atoms with Crippen molar-refractivity contribution in [2.45, 2.75) is 118 Å². The molecule has 1 aromatic carbocycles. The van der Waals surface area contributed by atoms with E-state index < -0.39 is 0 Å². The molecule has 0 bridgehead atoms. The van der Waals surface area contributed by atoms with E-state index in [1.807, 2.05) is 12.1 Å². The van der Waals surface area contributed by atoms with Gasteiger partial charge >= 0.3 is 5.97 Å². The highest BCUT2D eigenvalue weighted by molar-refractivity contribution is 5.87. The highest BCUT2D eigenvalue weighted by Crippen LogP contribution is 2.40. The normalized spacial score (nSPS) is 11.1. The van der Waals surface area contributed by atoms with Gasteiger partial charge in [0.15, 0.2) is 11.5 Å². The molecule has 0 atom stereocenters. The van der Waals surface area contributed by atoms with Crippen molar-refractivity contribution in [2.75, 3.05) is 26.4 Å². The number of ether oxygens (including phenoxy) is 4. The Balaban J connectivity index is 3.06. The smallest absolute Gasteiger partial charge is 0.330 e. The van der Waals surface area contributed by atoms with E-state index in [2.05, 4.69) is 27.7 Å². The molecule has 0 amide bonds. The highest BCUT2D eigenvalue weighted by atomic mass is 16.5. The van der Waals surface area contributed by atoms with Crippen LogP contribution in [0.3, 0.4) is 0 Å². The predicted octanol–water partition coefficient (Wildman–Crippen LogP) is 8.92. The first-order valence-electron chi connectivity index (χ1n) is 14.6. The van der Waals surface area contributed by atoms with Crippen LogP contribution in [-0.4, -0.2) is 32.4 Å². The van der Waals surface area contributed by atoms with Gasteiger partial charge in [-0.25, -0.2) is 4.79 Å². The second kappa shape index (κ2) is 22.1. The van der Waals surface area contributed by atoms with Gasteiger partial charge < -0.3 is 18.9 Å². The molecule has 0 aliphatic rings. The number of carbonyl (C=O) groups is 1. The van der Waals surface area contributed by atoms with Crippen LogP contribution in [0.25, 0.3) is 6.08 Å². The van der Waals surface area contributed by atoms with Crippen molar-refractivity contribution in [3.63, 3.8) is 0 Å². The number of hydrogen-bond acceptors (Lipinski definition) is 5. The predicted molar refractivity (Wildman–Crippen MR) is 150 cm³/mol.